The van der Waals surface area contributed by atoms with Crippen LogP contribution < -0.4 is 35.5 Å². The van der Waals surface area contributed by atoms with E-state index in [1.54, 1.807) is 18.2 Å². The molecule has 0 radical (unpaired) electrons. The van der Waals surface area contributed by atoms with Gasteiger partial charge in [0.25, 0.3) is 5.91 Å². The van der Waals surface area contributed by atoms with E-state index in [-0.39, 0.29) is 50.6 Å². The fourth-order valence-electron chi connectivity index (χ4n) is 11.3. The van der Waals surface area contributed by atoms with Gasteiger partial charge in [0.15, 0.2) is 5.43 Å². The molecule has 3 N–H and O–H groups in total. The van der Waals surface area contributed by atoms with Crippen LogP contribution in [0.4, 0.5) is 5.69 Å². The van der Waals surface area contributed by atoms with Crippen molar-refractivity contribution in [1.82, 2.24) is 9.89 Å². The highest BCUT2D eigenvalue weighted by molar-refractivity contribution is 6.40. The molecule has 0 bridgehead atoms. The van der Waals surface area contributed by atoms with Gasteiger partial charge in [-0.05, 0) is 97.7 Å². The number of hydrogen-bond acceptors (Lipinski definition) is 9. The van der Waals surface area contributed by atoms with Crippen molar-refractivity contribution in [3.63, 3.8) is 0 Å². The number of ether oxygens (including phenoxy) is 1. The van der Waals surface area contributed by atoms with E-state index in [1.165, 1.54) is 46.4 Å². The van der Waals surface area contributed by atoms with Crippen LogP contribution in [0.25, 0.3) is 39.0 Å². The molecule has 0 fully saturated rings. The molecular formula is C54H42Cl2N3O9+. The number of nitrogens with one attached hydrogen (secondary N) is 1. The number of carboxylic acid groups (broad SMARTS) is 1. The molecular weight excluding hydrogens is 906 g/mol. The minimum Gasteiger partial charge on any atom is -0.508 e. The van der Waals surface area contributed by atoms with E-state index in [2.05, 4.69) is 26.9 Å². The smallest absolute Gasteiger partial charge is 0.373 e. The number of anilines is 1. The molecule has 68 heavy (non-hydrogen) atoms. The van der Waals surface area contributed by atoms with Gasteiger partial charge < -0.3 is 29.6 Å². The van der Waals surface area contributed by atoms with Gasteiger partial charge in [0, 0.05) is 99.9 Å². The third-order valence-electron chi connectivity index (χ3n) is 14.0. The zero-order valence-corrected chi connectivity index (χ0v) is 38.1. The molecule has 12 rings (SSSR count). The molecule has 6 aliphatic heterocycles. The predicted octanol–water partition coefficient (Wildman–Crippen LogP) is 8.06. The fourth-order valence-corrected chi connectivity index (χ4v) is 11.9. The topological polar surface area (TPSA) is 166 Å². The minimum atomic E-state index is -1.24. The zero-order chi connectivity index (χ0) is 47.0. The third kappa shape index (κ3) is 7.13. The summed E-state index contributed by atoms with van der Waals surface area (Å²) in [5.74, 6) is 0.176. The molecule has 5 aromatic rings. The van der Waals surface area contributed by atoms with Gasteiger partial charge in [0.05, 0.1) is 26.7 Å². The van der Waals surface area contributed by atoms with Crippen LogP contribution >= 0.6 is 23.2 Å². The third-order valence-corrected chi connectivity index (χ3v) is 14.7. The van der Waals surface area contributed by atoms with Gasteiger partial charge in [-0.1, -0.05) is 47.5 Å². The summed E-state index contributed by atoms with van der Waals surface area (Å²) in [5.41, 5.74) is 10.9. The molecule has 12 nitrogen and oxygen atoms in total. The molecule has 0 unspecified atom stereocenters. The van der Waals surface area contributed by atoms with Crippen molar-refractivity contribution in [2.24, 2.45) is 0 Å². The number of hydrogen-bond donors (Lipinski definition) is 3. The summed E-state index contributed by atoms with van der Waals surface area (Å²) in [6.07, 6.45) is 7.70. The lowest BCUT2D eigenvalue weighted by molar-refractivity contribution is -0.191. The number of benzene rings is 6. The summed E-state index contributed by atoms with van der Waals surface area (Å²) >= 11 is 14.5. The van der Waals surface area contributed by atoms with Crippen LogP contribution in [0.15, 0.2) is 88.1 Å². The first-order valence-electron chi connectivity index (χ1n) is 22.8. The minimum absolute atomic E-state index is 0.00922. The lowest BCUT2D eigenvalue weighted by atomic mass is 9.81. The molecule has 340 valence electrons. The van der Waals surface area contributed by atoms with Crippen LogP contribution in [0, 0.1) is 0 Å². The van der Waals surface area contributed by atoms with E-state index in [0.717, 1.165) is 139 Å². The molecule has 1 aliphatic carbocycles. The van der Waals surface area contributed by atoms with Crippen LogP contribution in [-0.2, 0) is 41.8 Å². The van der Waals surface area contributed by atoms with Crippen molar-refractivity contribution in [1.29, 1.82) is 0 Å². The molecule has 0 saturated carbocycles. The number of aryl methyl sites for hydroxylation is 2. The monoisotopic (exact) mass is 946 g/mol. The molecule has 0 atom stereocenters. The second-order valence-electron chi connectivity index (χ2n) is 17.9. The number of aromatic hydroxyl groups is 1. The lowest BCUT2D eigenvalue weighted by Crippen LogP contribution is -2.45. The van der Waals surface area contributed by atoms with Gasteiger partial charge >= 0.3 is 12.1 Å². The molecule has 0 saturated heterocycles. The maximum atomic E-state index is 14.4. The van der Waals surface area contributed by atoms with E-state index >= 15 is 0 Å². The summed E-state index contributed by atoms with van der Waals surface area (Å²) in [4.78, 5) is 58.8. The van der Waals surface area contributed by atoms with Crippen molar-refractivity contribution in [2.45, 2.75) is 57.9 Å². The van der Waals surface area contributed by atoms with Crippen LogP contribution in [0.3, 0.4) is 0 Å². The van der Waals surface area contributed by atoms with E-state index in [0.29, 0.717) is 16.9 Å². The molecule has 7 aliphatic rings. The van der Waals surface area contributed by atoms with E-state index in [4.69, 9.17) is 41.9 Å². The summed E-state index contributed by atoms with van der Waals surface area (Å²) in [6, 6.07) is 23.0. The van der Waals surface area contributed by atoms with E-state index < -0.39 is 11.9 Å². The Hall–Kier alpha value is -7.24. The number of halogens is 2. The van der Waals surface area contributed by atoms with Gasteiger partial charge in [-0.3, -0.25) is 9.59 Å². The summed E-state index contributed by atoms with van der Waals surface area (Å²) in [6.45, 7) is 4.08. The Balaban J connectivity index is 0.00000165. The summed E-state index contributed by atoms with van der Waals surface area (Å²) < 4.78 is 15.7. The van der Waals surface area contributed by atoms with Crippen molar-refractivity contribution in [2.75, 3.05) is 31.1 Å². The largest absolute Gasteiger partial charge is 0.508 e. The molecule has 0 aromatic heterocycles. The highest BCUT2D eigenvalue weighted by Crippen LogP contribution is 2.50. The number of aromatic carboxylic acids is 1. The first kappa shape index (κ1) is 43.3. The normalized spacial score (nSPS) is 15.2. The van der Waals surface area contributed by atoms with Crippen LogP contribution in [0.5, 0.6) is 17.2 Å². The second-order valence-corrected chi connectivity index (χ2v) is 18.7. The van der Waals surface area contributed by atoms with E-state index in [1.807, 2.05) is 24.3 Å². The number of rotatable bonds is 6. The van der Waals surface area contributed by atoms with Gasteiger partial charge in [-0.2, -0.15) is 9.59 Å². The Morgan fingerprint density at radius 2 is 1.53 bits per heavy atom. The maximum Gasteiger partial charge on any atom is 0.373 e. The van der Waals surface area contributed by atoms with Crippen LogP contribution in [0.1, 0.15) is 85.3 Å². The van der Waals surface area contributed by atoms with Crippen molar-refractivity contribution in [3.8, 4) is 39.7 Å². The highest BCUT2D eigenvalue weighted by Gasteiger charge is 2.38. The number of phenolic OH excluding ortho intramolecular Hbond substituents is 1. The Bertz CT molecular complexity index is 3530. The Labute approximate surface area is 398 Å². The van der Waals surface area contributed by atoms with Gasteiger partial charge in [0.2, 0.25) is 5.36 Å². The van der Waals surface area contributed by atoms with Crippen LogP contribution in [-0.4, -0.2) is 54.4 Å². The Morgan fingerprint density at radius 1 is 0.794 bits per heavy atom. The molecule has 0 spiro atoms. The van der Waals surface area contributed by atoms with Crippen molar-refractivity contribution < 1.29 is 38.5 Å². The predicted molar refractivity (Wildman–Crippen MR) is 256 cm³/mol. The van der Waals surface area contributed by atoms with Crippen molar-refractivity contribution >= 4 is 63.5 Å². The first-order chi connectivity index (χ1) is 33.0. The van der Waals surface area contributed by atoms with Crippen molar-refractivity contribution in [3.05, 3.63) is 160 Å². The number of phenols is 1. The maximum absolute atomic E-state index is 14.4. The summed E-state index contributed by atoms with van der Waals surface area (Å²) in [7, 11) is 0. The molecule has 6 heterocycles. The SMILES string of the molecule is O=C(NCc1ccc(-c2c3ccc(=O)cc-3oc3cc(O)ccc23)cc1)c1cc(Cl)c(C(=O)O)c(C2=c3cc4c5c(c3Oc3c2cc2c6c3CCCN6CCC2)CCC[N+]=5CCC4)c1Cl.O=C=O. The second kappa shape index (κ2) is 17.1. The van der Waals surface area contributed by atoms with E-state index in [9.17, 15) is 24.6 Å². The van der Waals surface area contributed by atoms with Crippen LogP contribution in [0.2, 0.25) is 10.0 Å². The summed E-state index contributed by atoms with van der Waals surface area (Å²) in [5, 5.41) is 26.9. The quantitative estimate of drug-likeness (QED) is 0.110. The zero-order valence-electron chi connectivity index (χ0n) is 36.6. The van der Waals surface area contributed by atoms with Gasteiger partial charge in [0.1, 0.15) is 41.7 Å². The average molecular weight is 948 g/mol. The molecule has 5 aromatic carbocycles. The number of carbonyl (C=O) groups is 2. The first-order valence-corrected chi connectivity index (χ1v) is 23.5. The number of fused-ring (bicyclic) bond motifs is 6. The van der Waals surface area contributed by atoms with Gasteiger partial charge in [-0.25, -0.2) is 9.37 Å². The Kier molecular flexibility index (Phi) is 10.9. The number of nitrogens with zero attached hydrogens (tertiary/aromatic N) is 2. The Morgan fingerprint density at radius 3 is 2.31 bits per heavy atom. The number of carbonyl (C=O) groups excluding carboxylic acids is 3. The lowest BCUT2D eigenvalue weighted by Gasteiger charge is -2.39. The number of carboxylic acids is 1. The standard InChI is InChI=1S/C53H41Cl2N3O7.CO2/c54-40-25-39(52(61)56-26-27-9-11-28(12-10-27)43-33-15-13-31(59)23-41(33)64-42-24-32(60)14-16-34(42)43)47(55)46(45(40)53(62)63)44-37-21-29-5-1-17-57-19-3-7-35(48(29)57)50(37)65-51-36-8-4-20-58-18-2-6-30(49(36)58)22-38(44)51;2-1-3/h9-16,21-25H,1-8,17-20,26H2,(H2-,56,59,60,61,62,63);/p+1. The van der Waals surface area contributed by atoms with Gasteiger partial charge in [-0.15, -0.1) is 0 Å². The number of amides is 1. The molecule has 14 heteroatoms. The average Bonchev–Trinajstić information content (AvgIpc) is 3.33. The fraction of sp³-hybridized carbons (Fsp3) is 0.241. The highest BCUT2D eigenvalue weighted by atomic mass is 35.5. The molecule has 1 amide bonds.